The number of fused-ring (bicyclic) bond motifs is 5. The van der Waals surface area contributed by atoms with Gasteiger partial charge in [0.2, 0.25) is 0 Å². The Morgan fingerprint density at radius 3 is 2.51 bits per heavy atom. The number of rotatable bonds is 5. The van der Waals surface area contributed by atoms with Crippen molar-refractivity contribution < 1.29 is 42.5 Å². The molecule has 41 heavy (non-hydrogen) atoms. The third-order valence-electron chi connectivity index (χ3n) is 11.8. The smallest absolute Gasteiger partial charge is 0.333 e. The van der Waals surface area contributed by atoms with E-state index in [0.717, 1.165) is 5.56 Å². The average Bonchev–Trinajstić information content (AvgIpc) is 3.39. The van der Waals surface area contributed by atoms with Gasteiger partial charge in [-0.25, -0.2) is 4.79 Å². The van der Waals surface area contributed by atoms with E-state index in [1.165, 1.54) is 7.11 Å². The number of carbonyl (C=O) groups is 4. The molecule has 3 saturated carbocycles. The van der Waals surface area contributed by atoms with Crippen LogP contribution in [0, 0.1) is 39.9 Å². The topological polar surface area (TPSA) is 122 Å². The van der Waals surface area contributed by atoms with Gasteiger partial charge >= 0.3 is 17.9 Å². The highest BCUT2D eigenvalue weighted by Gasteiger charge is 2.86. The van der Waals surface area contributed by atoms with Gasteiger partial charge in [-0.3, -0.25) is 14.4 Å². The molecule has 1 spiro atoms. The van der Waals surface area contributed by atoms with Gasteiger partial charge in [-0.15, -0.1) is 0 Å². The third-order valence-corrected chi connectivity index (χ3v) is 11.8. The molecular weight excluding hydrogens is 528 g/mol. The first kappa shape index (κ1) is 28.2. The zero-order valence-electron chi connectivity index (χ0n) is 24.9. The molecule has 3 heterocycles. The predicted molar refractivity (Wildman–Crippen MR) is 144 cm³/mol. The molecule has 5 aliphatic rings. The van der Waals surface area contributed by atoms with E-state index in [9.17, 15) is 19.2 Å². The SMILES string of the molecule is C/C=C(\C)C(=O)O[C@@H]1[C@@H]2C(=O)[C@](C)([C@H]3CC[C@]4(C)[C@@H](CC(=O)O[C@H]4c4ccoc4)[C@]34O[C@H]24)[C@@H](CC(=O)OC)C1(C)C. The first-order valence-corrected chi connectivity index (χ1v) is 14.6. The van der Waals surface area contributed by atoms with Crippen molar-refractivity contribution in [2.24, 2.45) is 39.9 Å². The van der Waals surface area contributed by atoms with Crippen LogP contribution in [0.25, 0.3) is 0 Å². The Balaban J connectivity index is 1.49. The Morgan fingerprint density at radius 2 is 1.88 bits per heavy atom. The molecule has 0 N–H and O–H groups in total. The van der Waals surface area contributed by atoms with Gasteiger partial charge in [-0.05, 0) is 38.7 Å². The fourth-order valence-corrected chi connectivity index (χ4v) is 9.63. The summed E-state index contributed by atoms with van der Waals surface area (Å²) in [6.45, 7) is 11.5. The lowest BCUT2D eigenvalue weighted by molar-refractivity contribution is -0.220. The molecular formula is C32H40O9. The number of esters is 3. The van der Waals surface area contributed by atoms with E-state index in [1.54, 1.807) is 32.4 Å². The molecule has 9 heteroatoms. The Morgan fingerprint density at radius 1 is 1.15 bits per heavy atom. The Bertz CT molecular complexity index is 1330. The minimum atomic E-state index is -0.957. The minimum Gasteiger partial charge on any atom is -0.472 e. The van der Waals surface area contributed by atoms with E-state index in [2.05, 4.69) is 6.92 Å². The summed E-state index contributed by atoms with van der Waals surface area (Å²) in [4.78, 5) is 53.8. The summed E-state index contributed by atoms with van der Waals surface area (Å²) in [6, 6.07) is 1.83. The van der Waals surface area contributed by atoms with Crippen molar-refractivity contribution in [1.29, 1.82) is 0 Å². The van der Waals surface area contributed by atoms with Crippen LogP contribution in [0.2, 0.25) is 0 Å². The Labute approximate surface area is 240 Å². The number of ether oxygens (including phenoxy) is 4. The van der Waals surface area contributed by atoms with Crippen molar-refractivity contribution in [1.82, 2.24) is 0 Å². The molecule has 0 amide bonds. The molecule has 2 saturated heterocycles. The molecule has 1 aromatic heterocycles. The number of cyclic esters (lactones) is 1. The summed E-state index contributed by atoms with van der Waals surface area (Å²) >= 11 is 0. The van der Waals surface area contributed by atoms with E-state index < -0.39 is 63.9 Å². The summed E-state index contributed by atoms with van der Waals surface area (Å²) in [5.41, 5.74) is -1.71. The molecule has 0 radical (unpaired) electrons. The van der Waals surface area contributed by atoms with Crippen LogP contribution in [-0.4, -0.2) is 48.6 Å². The fourth-order valence-electron chi connectivity index (χ4n) is 9.63. The zero-order chi connectivity index (χ0) is 29.7. The lowest BCUT2D eigenvalue weighted by atomic mass is 9.37. The summed E-state index contributed by atoms with van der Waals surface area (Å²) < 4.78 is 29.4. The molecule has 0 unspecified atom stereocenters. The Hall–Kier alpha value is -2.94. The van der Waals surface area contributed by atoms with Crippen LogP contribution < -0.4 is 0 Å². The molecule has 2 aliphatic heterocycles. The number of hydrogen-bond acceptors (Lipinski definition) is 9. The van der Waals surface area contributed by atoms with Gasteiger partial charge in [0.25, 0.3) is 0 Å². The molecule has 6 rings (SSSR count). The lowest BCUT2D eigenvalue weighted by Gasteiger charge is -2.65. The second-order valence-electron chi connectivity index (χ2n) is 13.8. The molecule has 1 aromatic rings. The Kier molecular flexibility index (Phi) is 6.21. The van der Waals surface area contributed by atoms with Crippen LogP contribution >= 0.6 is 0 Å². The van der Waals surface area contributed by atoms with Gasteiger partial charge in [0, 0.05) is 45.6 Å². The minimum absolute atomic E-state index is 0.00791. The number of Topliss-reactive ketones (excluding diaryl/α,β-unsaturated/α-hetero) is 1. The highest BCUT2D eigenvalue weighted by atomic mass is 16.6. The van der Waals surface area contributed by atoms with Gasteiger partial charge < -0.3 is 23.4 Å². The van der Waals surface area contributed by atoms with Crippen LogP contribution in [0.1, 0.15) is 78.9 Å². The standard InChI is InChI=1S/C32H40O9/c1-8-16(2)28(36)40-26-23-24(35)31(6,19(29(26,3)4)13-21(33)37-7)18-9-11-30(5)20(32(18)27(23)41-32)14-22(34)39-25(30)17-10-12-38-15-17/h8,10,12,15,18-20,23,25-27H,9,11,13-14H2,1-7H3/b16-8+/t18-,19+,20-,23+,25+,26-,27-,30-,31-,32-/m1/s1. The van der Waals surface area contributed by atoms with Gasteiger partial charge in [0.05, 0.1) is 32.0 Å². The van der Waals surface area contributed by atoms with Crippen LogP contribution in [-0.2, 0) is 38.1 Å². The number of hydrogen-bond donors (Lipinski definition) is 0. The molecule has 9 nitrogen and oxygen atoms in total. The number of ketones is 1. The van der Waals surface area contributed by atoms with Crippen LogP contribution in [0.3, 0.4) is 0 Å². The van der Waals surface area contributed by atoms with Gasteiger partial charge in [-0.1, -0.05) is 33.8 Å². The van der Waals surface area contributed by atoms with E-state index in [1.807, 2.05) is 26.8 Å². The zero-order valence-corrected chi connectivity index (χ0v) is 24.9. The summed E-state index contributed by atoms with van der Waals surface area (Å²) in [6.07, 6.45) is 4.59. The van der Waals surface area contributed by atoms with E-state index in [4.69, 9.17) is 23.4 Å². The van der Waals surface area contributed by atoms with Crippen molar-refractivity contribution in [2.75, 3.05) is 7.11 Å². The number of furan rings is 1. The number of epoxide rings is 1. The quantitative estimate of drug-likeness (QED) is 0.215. The molecule has 5 fully saturated rings. The monoisotopic (exact) mass is 568 g/mol. The van der Waals surface area contributed by atoms with Crippen molar-refractivity contribution in [3.8, 4) is 0 Å². The summed E-state index contributed by atoms with van der Waals surface area (Å²) in [5.74, 6) is -2.91. The number of allylic oxidation sites excluding steroid dienone is 1. The van der Waals surface area contributed by atoms with E-state index >= 15 is 0 Å². The highest BCUT2D eigenvalue weighted by Crippen LogP contribution is 2.77. The second-order valence-corrected chi connectivity index (χ2v) is 13.8. The van der Waals surface area contributed by atoms with E-state index in [0.29, 0.717) is 18.4 Å². The number of methoxy groups -OCH3 is 1. The molecule has 222 valence electrons. The third kappa shape index (κ3) is 3.56. The largest absolute Gasteiger partial charge is 0.472 e. The first-order chi connectivity index (χ1) is 19.3. The average molecular weight is 569 g/mol. The van der Waals surface area contributed by atoms with Crippen LogP contribution in [0.4, 0.5) is 0 Å². The molecule has 2 bridgehead atoms. The van der Waals surface area contributed by atoms with Gasteiger partial charge in [-0.2, -0.15) is 0 Å². The van der Waals surface area contributed by atoms with Crippen molar-refractivity contribution in [3.05, 3.63) is 35.8 Å². The number of carbonyl (C=O) groups excluding carboxylic acids is 4. The first-order valence-electron chi connectivity index (χ1n) is 14.6. The second kappa shape index (κ2) is 9.03. The van der Waals surface area contributed by atoms with Gasteiger partial charge in [0.15, 0.2) is 0 Å². The molecule has 0 aromatic carbocycles. The molecule has 10 atom stereocenters. The van der Waals surface area contributed by atoms with Gasteiger partial charge in [0.1, 0.15) is 29.7 Å². The highest BCUT2D eigenvalue weighted by molar-refractivity contribution is 5.94. The predicted octanol–water partition coefficient (Wildman–Crippen LogP) is 4.74. The maximum absolute atomic E-state index is 14.6. The fraction of sp³-hybridized carbons (Fsp3) is 0.688. The van der Waals surface area contributed by atoms with Crippen LogP contribution in [0.5, 0.6) is 0 Å². The lowest BCUT2D eigenvalue weighted by Crippen LogP contribution is -2.72. The summed E-state index contributed by atoms with van der Waals surface area (Å²) in [5, 5.41) is 0. The van der Waals surface area contributed by atoms with E-state index in [-0.39, 0.29) is 36.4 Å². The van der Waals surface area contributed by atoms with Crippen molar-refractivity contribution >= 4 is 23.7 Å². The maximum Gasteiger partial charge on any atom is 0.333 e. The van der Waals surface area contributed by atoms with Crippen LogP contribution in [0.15, 0.2) is 34.7 Å². The van der Waals surface area contributed by atoms with Crippen molar-refractivity contribution in [3.63, 3.8) is 0 Å². The maximum atomic E-state index is 14.6. The normalized spacial score (nSPS) is 44.1. The molecule has 3 aliphatic carbocycles. The van der Waals surface area contributed by atoms with Crippen molar-refractivity contribution in [2.45, 2.75) is 91.1 Å². The summed E-state index contributed by atoms with van der Waals surface area (Å²) in [7, 11) is 1.34.